The lowest BCUT2D eigenvalue weighted by Gasteiger charge is -2.30. The number of thiazole rings is 1. The van der Waals surface area contributed by atoms with Crippen molar-refractivity contribution in [2.75, 3.05) is 26.3 Å². The van der Waals surface area contributed by atoms with Gasteiger partial charge in [0.25, 0.3) is 5.91 Å². The number of esters is 2. The van der Waals surface area contributed by atoms with Crippen LogP contribution in [0, 0.1) is 5.92 Å². The lowest BCUT2D eigenvalue weighted by atomic mass is 9.97. The summed E-state index contributed by atoms with van der Waals surface area (Å²) < 4.78 is 11.4. The quantitative estimate of drug-likeness (QED) is 0.520. The number of aromatic nitrogens is 1. The van der Waals surface area contributed by atoms with Crippen LogP contribution in [0.25, 0.3) is 20.1 Å². The molecule has 3 heterocycles. The maximum Gasteiger partial charge on any atom is 0.348 e. The van der Waals surface area contributed by atoms with Crippen LogP contribution >= 0.6 is 22.7 Å². The van der Waals surface area contributed by atoms with Crippen molar-refractivity contribution in [1.29, 1.82) is 0 Å². The summed E-state index contributed by atoms with van der Waals surface area (Å²) in [6.07, 6.45) is 1.13. The van der Waals surface area contributed by atoms with E-state index in [0.717, 1.165) is 20.1 Å². The number of thiophene rings is 1. The van der Waals surface area contributed by atoms with E-state index in [1.807, 2.05) is 30.3 Å². The lowest BCUT2D eigenvalue weighted by molar-refractivity contribution is -0.151. The van der Waals surface area contributed by atoms with Crippen LogP contribution in [0.2, 0.25) is 0 Å². The summed E-state index contributed by atoms with van der Waals surface area (Å²) in [5, 5.41) is 0.853. The normalized spacial score (nSPS) is 14.5. The van der Waals surface area contributed by atoms with Gasteiger partial charge in [0.05, 0.1) is 27.6 Å². The zero-order valence-electron chi connectivity index (χ0n) is 17.0. The topological polar surface area (TPSA) is 85.8 Å². The number of carbonyl (C=O) groups is 3. The van der Waals surface area contributed by atoms with E-state index in [9.17, 15) is 14.4 Å². The fourth-order valence-electron chi connectivity index (χ4n) is 3.45. The van der Waals surface area contributed by atoms with Crippen molar-refractivity contribution < 1.29 is 23.9 Å². The van der Waals surface area contributed by atoms with Gasteiger partial charge in [-0.05, 0) is 44.0 Å². The van der Waals surface area contributed by atoms with Crippen LogP contribution < -0.4 is 0 Å². The number of benzene rings is 1. The fraction of sp³-hybridized carbons (Fsp3) is 0.364. The molecule has 31 heavy (non-hydrogen) atoms. The van der Waals surface area contributed by atoms with Gasteiger partial charge in [0.15, 0.2) is 6.61 Å². The van der Waals surface area contributed by atoms with Crippen LogP contribution in [0.15, 0.2) is 36.4 Å². The number of piperidine rings is 1. The number of ether oxygens (including phenoxy) is 2. The van der Waals surface area contributed by atoms with Gasteiger partial charge in [-0.1, -0.05) is 12.1 Å². The van der Waals surface area contributed by atoms with E-state index >= 15 is 0 Å². The molecule has 0 N–H and O–H groups in total. The zero-order chi connectivity index (χ0) is 21.8. The predicted octanol–water partition coefficient (Wildman–Crippen LogP) is 3.98. The van der Waals surface area contributed by atoms with Gasteiger partial charge in [0.2, 0.25) is 0 Å². The third kappa shape index (κ3) is 4.94. The van der Waals surface area contributed by atoms with E-state index in [1.165, 1.54) is 11.3 Å². The molecule has 0 radical (unpaired) electrons. The molecule has 1 fully saturated rings. The van der Waals surface area contributed by atoms with Crippen LogP contribution in [0.1, 0.15) is 29.4 Å². The first-order valence-corrected chi connectivity index (χ1v) is 11.8. The Bertz CT molecular complexity index is 1070. The molecule has 9 heteroatoms. The Kier molecular flexibility index (Phi) is 6.62. The smallest absolute Gasteiger partial charge is 0.348 e. The van der Waals surface area contributed by atoms with E-state index in [4.69, 9.17) is 9.47 Å². The summed E-state index contributed by atoms with van der Waals surface area (Å²) in [5.41, 5.74) is 0.928. The summed E-state index contributed by atoms with van der Waals surface area (Å²) in [6, 6.07) is 11.4. The molecule has 3 aromatic rings. The number of hydrogen-bond acceptors (Lipinski definition) is 8. The van der Waals surface area contributed by atoms with Crippen molar-refractivity contribution in [3.05, 3.63) is 41.3 Å². The van der Waals surface area contributed by atoms with Crippen LogP contribution in [0.3, 0.4) is 0 Å². The highest BCUT2D eigenvalue weighted by molar-refractivity contribution is 7.26. The van der Waals surface area contributed by atoms with Crippen molar-refractivity contribution in [3.63, 3.8) is 0 Å². The minimum atomic E-state index is -0.521. The average molecular weight is 459 g/mol. The summed E-state index contributed by atoms with van der Waals surface area (Å²) in [4.78, 5) is 44.2. The van der Waals surface area contributed by atoms with Crippen molar-refractivity contribution >= 4 is 50.7 Å². The number of carbonyl (C=O) groups excluding carboxylic acids is 3. The first kappa shape index (κ1) is 21.5. The number of nitrogens with zero attached hydrogens (tertiary/aromatic N) is 2. The van der Waals surface area contributed by atoms with Crippen LogP contribution in [0.4, 0.5) is 0 Å². The molecule has 1 aromatic carbocycles. The molecule has 0 bridgehead atoms. The van der Waals surface area contributed by atoms with Crippen molar-refractivity contribution in [1.82, 2.24) is 9.88 Å². The first-order valence-electron chi connectivity index (χ1n) is 10.1. The molecule has 1 aliphatic heterocycles. The molecular weight excluding hydrogens is 436 g/mol. The van der Waals surface area contributed by atoms with Gasteiger partial charge in [-0.25, -0.2) is 9.78 Å². The monoisotopic (exact) mass is 458 g/mol. The molecule has 0 spiro atoms. The molecule has 1 amide bonds. The van der Waals surface area contributed by atoms with Gasteiger partial charge in [-0.2, -0.15) is 0 Å². The second kappa shape index (κ2) is 9.57. The molecule has 0 atom stereocenters. The lowest BCUT2D eigenvalue weighted by Crippen LogP contribution is -2.42. The predicted molar refractivity (Wildman–Crippen MR) is 119 cm³/mol. The number of para-hydroxylation sites is 1. The van der Waals surface area contributed by atoms with Gasteiger partial charge >= 0.3 is 11.9 Å². The molecular formula is C22H22N2O5S2. The maximum atomic E-state index is 12.4. The Morgan fingerprint density at radius 3 is 2.58 bits per heavy atom. The van der Waals surface area contributed by atoms with Gasteiger partial charge < -0.3 is 14.4 Å². The van der Waals surface area contributed by atoms with Crippen LogP contribution in [-0.4, -0.2) is 54.0 Å². The van der Waals surface area contributed by atoms with Gasteiger partial charge in [-0.3, -0.25) is 9.59 Å². The Hall–Kier alpha value is -2.78. The van der Waals surface area contributed by atoms with Crippen LogP contribution in [0.5, 0.6) is 0 Å². The molecule has 0 aliphatic carbocycles. The van der Waals surface area contributed by atoms with E-state index in [-0.39, 0.29) is 24.4 Å². The van der Waals surface area contributed by atoms with E-state index in [0.29, 0.717) is 37.4 Å². The molecule has 162 valence electrons. The largest absolute Gasteiger partial charge is 0.466 e. The highest BCUT2D eigenvalue weighted by Crippen LogP contribution is 2.34. The Morgan fingerprint density at radius 1 is 1.06 bits per heavy atom. The molecule has 7 nitrogen and oxygen atoms in total. The SMILES string of the molecule is CCOC(=O)C1CCN(C(=O)COC(=O)c2ccc(-c3nc4ccccc4s3)s2)CC1. The summed E-state index contributed by atoms with van der Waals surface area (Å²) in [7, 11) is 0. The number of amides is 1. The molecule has 1 aliphatic rings. The zero-order valence-corrected chi connectivity index (χ0v) is 18.7. The van der Waals surface area contributed by atoms with E-state index < -0.39 is 5.97 Å². The van der Waals surface area contributed by atoms with E-state index in [1.54, 1.807) is 29.2 Å². The van der Waals surface area contributed by atoms with Crippen LogP contribution in [-0.2, 0) is 19.1 Å². The third-order valence-electron chi connectivity index (χ3n) is 5.11. The van der Waals surface area contributed by atoms with Crippen molar-refractivity contribution in [2.24, 2.45) is 5.92 Å². The number of likely N-dealkylation sites (tertiary alicyclic amines) is 1. The molecule has 0 saturated carbocycles. The summed E-state index contributed by atoms with van der Waals surface area (Å²) in [6.45, 7) is 2.75. The first-order chi connectivity index (χ1) is 15.0. The van der Waals surface area contributed by atoms with Gasteiger partial charge in [0, 0.05) is 13.1 Å². The van der Waals surface area contributed by atoms with Crippen molar-refractivity contribution in [2.45, 2.75) is 19.8 Å². The second-order valence-electron chi connectivity index (χ2n) is 7.13. The number of fused-ring (bicyclic) bond motifs is 1. The summed E-state index contributed by atoms with van der Waals surface area (Å²) in [5.74, 6) is -1.15. The fourth-order valence-corrected chi connectivity index (χ4v) is 5.37. The third-order valence-corrected chi connectivity index (χ3v) is 7.38. The molecule has 1 saturated heterocycles. The highest BCUT2D eigenvalue weighted by Gasteiger charge is 2.28. The number of rotatable bonds is 6. The molecule has 2 aromatic heterocycles. The Balaban J connectivity index is 1.29. The molecule has 4 rings (SSSR count). The Morgan fingerprint density at radius 2 is 1.84 bits per heavy atom. The van der Waals surface area contributed by atoms with E-state index in [2.05, 4.69) is 4.98 Å². The minimum Gasteiger partial charge on any atom is -0.466 e. The summed E-state index contributed by atoms with van der Waals surface area (Å²) >= 11 is 2.87. The molecule has 0 unspecified atom stereocenters. The second-order valence-corrected chi connectivity index (χ2v) is 9.25. The van der Waals surface area contributed by atoms with Gasteiger partial charge in [-0.15, -0.1) is 22.7 Å². The minimum absolute atomic E-state index is 0.168. The maximum absolute atomic E-state index is 12.4. The standard InChI is InChI=1S/C22H22N2O5S2/c1-2-28-21(26)14-9-11-24(12-10-14)19(25)13-29-22(27)18-8-7-17(30-18)20-23-15-5-3-4-6-16(15)31-20/h3-8,14H,2,9-13H2,1H3. The van der Waals surface area contributed by atoms with Gasteiger partial charge in [0.1, 0.15) is 9.88 Å². The number of hydrogen-bond donors (Lipinski definition) is 0. The Labute approximate surface area is 187 Å². The highest BCUT2D eigenvalue weighted by atomic mass is 32.1. The average Bonchev–Trinajstić information content (AvgIpc) is 3.44. The van der Waals surface area contributed by atoms with Crippen molar-refractivity contribution in [3.8, 4) is 9.88 Å².